The Morgan fingerprint density at radius 1 is 1.25 bits per heavy atom. The molecule has 3 N–H and O–H groups in total. The van der Waals surface area contributed by atoms with Crippen molar-refractivity contribution in [3.8, 4) is 0 Å². The van der Waals surface area contributed by atoms with Crippen LogP contribution in [-0.4, -0.2) is 33.0 Å². The summed E-state index contributed by atoms with van der Waals surface area (Å²) in [4.78, 5) is 8.62. The number of para-hydroxylation sites is 1. The highest BCUT2D eigenvalue weighted by Crippen LogP contribution is 2.25. The van der Waals surface area contributed by atoms with Crippen LogP contribution in [0.4, 0.5) is 0 Å². The normalized spacial score (nSPS) is 14.3. The lowest BCUT2D eigenvalue weighted by Gasteiger charge is -2.21. The maximum atomic E-state index is 9.10. The Morgan fingerprint density at radius 3 is 2.85 bits per heavy atom. The second kappa shape index (κ2) is 7.02. The van der Waals surface area contributed by atoms with Crippen molar-refractivity contribution in [2.75, 3.05) is 12.4 Å². The van der Waals surface area contributed by atoms with Crippen molar-refractivity contribution >= 4 is 22.7 Å². The Kier molecular flexibility index (Phi) is 5.34. The van der Waals surface area contributed by atoms with Crippen molar-refractivity contribution < 1.29 is 5.11 Å². The predicted molar refractivity (Wildman–Crippen MR) is 83.8 cm³/mol. The zero-order valence-corrected chi connectivity index (χ0v) is 12.6. The van der Waals surface area contributed by atoms with E-state index < -0.39 is 5.54 Å². The summed E-state index contributed by atoms with van der Waals surface area (Å²) >= 11 is 1.75. The van der Waals surface area contributed by atoms with Gasteiger partial charge in [0.25, 0.3) is 0 Å². The summed E-state index contributed by atoms with van der Waals surface area (Å²) in [5.41, 5.74) is 6.44. The molecule has 1 aromatic heterocycles. The van der Waals surface area contributed by atoms with Crippen LogP contribution < -0.4 is 5.73 Å². The second-order valence-corrected chi connectivity index (χ2v) is 6.40. The number of aromatic nitrogens is 2. The van der Waals surface area contributed by atoms with Crippen LogP contribution in [0, 0.1) is 0 Å². The van der Waals surface area contributed by atoms with E-state index in [0.717, 1.165) is 40.9 Å². The van der Waals surface area contributed by atoms with Gasteiger partial charge in [0.2, 0.25) is 0 Å². The highest BCUT2D eigenvalue weighted by molar-refractivity contribution is 7.99. The molecule has 0 saturated heterocycles. The lowest BCUT2D eigenvalue weighted by molar-refractivity contribution is 0.198. The first-order chi connectivity index (χ1) is 9.62. The molecule has 0 bridgehead atoms. The number of thioether (sulfide) groups is 1. The number of nitrogens with zero attached hydrogens (tertiary/aromatic N) is 2. The average molecular weight is 291 g/mol. The number of hydrogen-bond acceptors (Lipinski definition) is 5. The van der Waals surface area contributed by atoms with Crippen molar-refractivity contribution in [1.29, 1.82) is 0 Å². The van der Waals surface area contributed by atoms with E-state index in [9.17, 15) is 0 Å². The lowest BCUT2D eigenvalue weighted by atomic mass is 9.98. The van der Waals surface area contributed by atoms with Gasteiger partial charge in [0.1, 0.15) is 11.4 Å². The fraction of sp³-hybridized carbons (Fsp3) is 0.467. The molecule has 1 atom stereocenters. The van der Waals surface area contributed by atoms with Gasteiger partial charge in [-0.3, -0.25) is 0 Å². The van der Waals surface area contributed by atoms with Crippen molar-refractivity contribution in [3.05, 3.63) is 30.6 Å². The Bertz CT molecular complexity index is 554. The van der Waals surface area contributed by atoms with Gasteiger partial charge in [-0.15, -0.1) is 11.8 Å². The molecule has 2 aromatic rings. The monoisotopic (exact) mass is 291 g/mol. The summed E-state index contributed by atoms with van der Waals surface area (Å²) < 4.78 is 0. The highest BCUT2D eigenvalue weighted by Gasteiger charge is 2.15. The van der Waals surface area contributed by atoms with E-state index in [-0.39, 0.29) is 6.61 Å². The third-order valence-electron chi connectivity index (χ3n) is 3.25. The molecule has 1 unspecified atom stereocenters. The largest absolute Gasteiger partial charge is 0.394 e. The molecule has 0 aliphatic carbocycles. The summed E-state index contributed by atoms with van der Waals surface area (Å²) in [7, 11) is 0. The minimum absolute atomic E-state index is 0.0384. The number of nitrogens with two attached hydrogens (primary N) is 1. The number of benzene rings is 1. The van der Waals surface area contributed by atoms with Gasteiger partial charge in [-0.1, -0.05) is 24.6 Å². The molecule has 108 valence electrons. The van der Waals surface area contributed by atoms with Crippen LogP contribution in [-0.2, 0) is 0 Å². The predicted octanol–water partition coefficient (Wildman–Crippen LogP) is 2.60. The average Bonchev–Trinajstić information content (AvgIpc) is 2.47. The minimum Gasteiger partial charge on any atom is -0.394 e. The molecule has 0 saturated carbocycles. The third kappa shape index (κ3) is 4.16. The SMILES string of the molecule is CC(N)(CO)CCCCSc1ncnc2ccccc12. The van der Waals surface area contributed by atoms with Gasteiger partial charge in [-0.2, -0.15) is 0 Å². The number of aliphatic hydroxyl groups is 1. The number of hydrogen-bond donors (Lipinski definition) is 2. The number of fused-ring (bicyclic) bond motifs is 1. The summed E-state index contributed by atoms with van der Waals surface area (Å²) in [6.45, 7) is 1.93. The van der Waals surface area contributed by atoms with Crippen LogP contribution in [0.2, 0.25) is 0 Å². The van der Waals surface area contributed by atoms with Gasteiger partial charge >= 0.3 is 0 Å². The maximum absolute atomic E-state index is 9.10. The highest BCUT2D eigenvalue weighted by atomic mass is 32.2. The molecule has 20 heavy (non-hydrogen) atoms. The van der Waals surface area contributed by atoms with E-state index in [1.54, 1.807) is 18.1 Å². The van der Waals surface area contributed by atoms with Crippen LogP contribution in [0.15, 0.2) is 35.6 Å². The molecule has 4 nitrogen and oxygen atoms in total. The summed E-state index contributed by atoms with van der Waals surface area (Å²) in [6, 6.07) is 8.06. The molecule has 0 fully saturated rings. The summed E-state index contributed by atoms with van der Waals surface area (Å²) in [5, 5.41) is 11.2. The van der Waals surface area contributed by atoms with Gasteiger partial charge < -0.3 is 10.8 Å². The first-order valence-corrected chi connectivity index (χ1v) is 7.83. The summed E-state index contributed by atoms with van der Waals surface area (Å²) in [6.07, 6.45) is 4.54. The molecule has 1 heterocycles. The fourth-order valence-corrected chi connectivity index (χ4v) is 2.97. The Labute approximate surface area is 123 Å². The van der Waals surface area contributed by atoms with E-state index in [1.165, 1.54) is 0 Å². The van der Waals surface area contributed by atoms with Crippen molar-refractivity contribution in [2.45, 2.75) is 36.8 Å². The molecule has 5 heteroatoms. The van der Waals surface area contributed by atoms with Crippen LogP contribution in [0.25, 0.3) is 10.9 Å². The Balaban J connectivity index is 1.85. The van der Waals surface area contributed by atoms with Crippen molar-refractivity contribution in [1.82, 2.24) is 9.97 Å². The van der Waals surface area contributed by atoms with Gasteiger partial charge in [0.15, 0.2) is 0 Å². The molecular formula is C15H21N3OS. The van der Waals surface area contributed by atoms with Crippen LogP contribution >= 0.6 is 11.8 Å². The third-order valence-corrected chi connectivity index (χ3v) is 4.34. The molecule has 1 aromatic carbocycles. The van der Waals surface area contributed by atoms with Gasteiger partial charge in [-0.25, -0.2) is 9.97 Å². The van der Waals surface area contributed by atoms with Crippen LogP contribution in [0.3, 0.4) is 0 Å². The van der Waals surface area contributed by atoms with Crippen LogP contribution in [0.1, 0.15) is 26.2 Å². The fourth-order valence-electron chi connectivity index (χ4n) is 1.97. The first kappa shape index (κ1) is 15.2. The number of aliphatic hydroxyl groups excluding tert-OH is 1. The zero-order valence-electron chi connectivity index (χ0n) is 11.7. The van der Waals surface area contributed by atoms with Gasteiger partial charge in [0, 0.05) is 10.9 Å². The molecular weight excluding hydrogens is 270 g/mol. The molecule has 0 spiro atoms. The van der Waals surface area contributed by atoms with E-state index in [2.05, 4.69) is 16.0 Å². The maximum Gasteiger partial charge on any atom is 0.117 e. The van der Waals surface area contributed by atoms with Gasteiger partial charge in [-0.05, 0) is 31.6 Å². The molecule has 0 aliphatic rings. The standard InChI is InChI=1S/C15H21N3OS/c1-15(16,10-19)8-4-5-9-20-14-12-6-2-3-7-13(12)17-11-18-14/h2-3,6-7,11,19H,4-5,8-10,16H2,1H3. The van der Waals surface area contributed by atoms with E-state index in [4.69, 9.17) is 10.8 Å². The smallest absolute Gasteiger partial charge is 0.117 e. The van der Waals surface area contributed by atoms with E-state index >= 15 is 0 Å². The lowest BCUT2D eigenvalue weighted by Crippen LogP contribution is -2.39. The van der Waals surface area contributed by atoms with Crippen molar-refractivity contribution in [3.63, 3.8) is 0 Å². The van der Waals surface area contributed by atoms with Gasteiger partial charge in [0.05, 0.1) is 12.1 Å². The van der Waals surface area contributed by atoms with E-state index in [1.807, 2.05) is 25.1 Å². The topological polar surface area (TPSA) is 72.0 Å². The zero-order chi connectivity index (χ0) is 14.4. The Morgan fingerprint density at radius 2 is 2.05 bits per heavy atom. The van der Waals surface area contributed by atoms with Crippen LogP contribution in [0.5, 0.6) is 0 Å². The minimum atomic E-state index is -0.452. The molecule has 2 rings (SSSR count). The quantitative estimate of drug-likeness (QED) is 0.466. The first-order valence-electron chi connectivity index (χ1n) is 6.85. The number of rotatable bonds is 7. The Hall–Kier alpha value is -1.17. The summed E-state index contributed by atoms with van der Waals surface area (Å²) in [5.74, 6) is 1.00. The number of unbranched alkanes of at least 4 members (excludes halogenated alkanes) is 1. The molecule has 0 amide bonds. The van der Waals surface area contributed by atoms with E-state index in [0.29, 0.717) is 0 Å². The second-order valence-electron chi connectivity index (χ2n) is 5.31. The molecule has 0 aliphatic heterocycles. The van der Waals surface area contributed by atoms with Crippen molar-refractivity contribution in [2.24, 2.45) is 5.73 Å². The molecule has 0 radical (unpaired) electrons.